The minimum atomic E-state index is -4.43. The average molecular weight is 293 g/mol. The number of pyridine rings is 1. The lowest BCUT2D eigenvalue weighted by molar-refractivity contribution is -0.137. The number of imidazole rings is 1. The molecular formula is C13H10F3N5. The number of nitrogens with one attached hydrogen (secondary N) is 1. The molecule has 0 aliphatic heterocycles. The van der Waals surface area contributed by atoms with Crippen molar-refractivity contribution in [3.05, 3.63) is 35.9 Å². The van der Waals surface area contributed by atoms with Gasteiger partial charge in [0.05, 0.1) is 11.1 Å². The lowest BCUT2D eigenvalue weighted by Gasteiger charge is -2.09. The van der Waals surface area contributed by atoms with Crippen LogP contribution in [0.15, 0.2) is 30.3 Å². The van der Waals surface area contributed by atoms with Gasteiger partial charge in [0.15, 0.2) is 5.65 Å². The van der Waals surface area contributed by atoms with Crippen LogP contribution in [0.25, 0.3) is 22.6 Å². The molecule has 8 heteroatoms. The van der Waals surface area contributed by atoms with Crippen LogP contribution < -0.4 is 11.5 Å². The van der Waals surface area contributed by atoms with Crippen molar-refractivity contribution >= 4 is 22.7 Å². The molecule has 0 spiro atoms. The lowest BCUT2D eigenvalue weighted by atomic mass is 10.1. The van der Waals surface area contributed by atoms with Crippen LogP contribution in [-0.2, 0) is 6.18 Å². The van der Waals surface area contributed by atoms with E-state index in [1.54, 1.807) is 12.1 Å². The largest absolute Gasteiger partial charge is 0.416 e. The first-order chi connectivity index (χ1) is 9.84. The Kier molecular flexibility index (Phi) is 2.75. The summed E-state index contributed by atoms with van der Waals surface area (Å²) in [6.07, 6.45) is -4.43. The molecule has 108 valence electrons. The third kappa shape index (κ3) is 2.35. The van der Waals surface area contributed by atoms with Gasteiger partial charge in [-0.1, -0.05) is 0 Å². The van der Waals surface area contributed by atoms with Crippen molar-refractivity contribution in [2.75, 3.05) is 11.5 Å². The van der Waals surface area contributed by atoms with Crippen LogP contribution in [-0.4, -0.2) is 15.0 Å². The summed E-state index contributed by atoms with van der Waals surface area (Å²) >= 11 is 0. The highest BCUT2D eigenvalue weighted by atomic mass is 19.4. The molecule has 0 fully saturated rings. The van der Waals surface area contributed by atoms with Crippen molar-refractivity contribution in [3.63, 3.8) is 0 Å². The number of aromatic amines is 1. The van der Waals surface area contributed by atoms with Crippen molar-refractivity contribution in [1.29, 1.82) is 0 Å². The molecule has 0 aliphatic rings. The van der Waals surface area contributed by atoms with Crippen molar-refractivity contribution < 1.29 is 13.2 Å². The molecule has 0 radical (unpaired) electrons. The van der Waals surface area contributed by atoms with E-state index in [4.69, 9.17) is 11.5 Å². The molecule has 5 nitrogen and oxygen atoms in total. The predicted molar refractivity (Wildman–Crippen MR) is 73.2 cm³/mol. The number of nitrogens with two attached hydrogens (primary N) is 2. The fourth-order valence-electron chi connectivity index (χ4n) is 1.99. The van der Waals surface area contributed by atoms with Gasteiger partial charge in [-0.05, 0) is 30.3 Å². The number of aromatic nitrogens is 3. The molecule has 0 unspecified atom stereocenters. The van der Waals surface area contributed by atoms with Crippen molar-refractivity contribution in [2.24, 2.45) is 0 Å². The maximum atomic E-state index is 12.6. The second-order valence-corrected chi connectivity index (χ2v) is 4.49. The summed E-state index contributed by atoms with van der Waals surface area (Å²) in [6.45, 7) is 0. The minimum Gasteiger partial charge on any atom is -0.398 e. The van der Waals surface area contributed by atoms with Crippen molar-refractivity contribution in [1.82, 2.24) is 15.0 Å². The molecule has 0 aliphatic carbocycles. The Balaban J connectivity index is 2.10. The number of benzene rings is 1. The van der Waals surface area contributed by atoms with E-state index < -0.39 is 11.7 Å². The first-order valence-corrected chi connectivity index (χ1v) is 5.94. The zero-order valence-corrected chi connectivity index (χ0v) is 10.6. The van der Waals surface area contributed by atoms with Crippen LogP contribution in [0.5, 0.6) is 0 Å². The highest BCUT2D eigenvalue weighted by Gasteiger charge is 2.31. The van der Waals surface area contributed by atoms with Gasteiger partial charge in [-0.2, -0.15) is 13.2 Å². The summed E-state index contributed by atoms with van der Waals surface area (Å²) < 4.78 is 37.8. The molecule has 0 amide bonds. The third-order valence-corrected chi connectivity index (χ3v) is 3.00. The molecule has 0 saturated heterocycles. The predicted octanol–water partition coefficient (Wildman–Crippen LogP) is 2.81. The van der Waals surface area contributed by atoms with Gasteiger partial charge in [0.2, 0.25) is 0 Å². The molecule has 0 bridgehead atoms. The van der Waals surface area contributed by atoms with Gasteiger partial charge in [0.1, 0.15) is 11.6 Å². The molecule has 0 saturated carbocycles. The van der Waals surface area contributed by atoms with E-state index in [1.807, 2.05) is 0 Å². The Morgan fingerprint density at radius 3 is 2.43 bits per heavy atom. The zero-order chi connectivity index (χ0) is 15.2. The van der Waals surface area contributed by atoms with Gasteiger partial charge < -0.3 is 16.5 Å². The normalized spacial score (nSPS) is 12.0. The Hall–Kier alpha value is -2.77. The molecule has 21 heavy (non-hydrogen) atoms. The van der Waals surface area contributed by atoms with E-state index in [0.29, 0.717) is 28.4 Å². The number of hydrogen-bond donors (Lipinski definition) is 3. The number of hydrogen-bond acceptors (Lipinski definition) is 4. The third-order valence-electron chi connectivity index (χ3n) is 3.00. The van der Waals surface area contributed by atoms with E-state index in [-0.39, 0.29) is 5.69 Å². The first-order valence-electron chi connectivity index (χ1n) is 5.94. The van der Waals surface area contributed by atoms with E-state index in [2.05, 4.69) is 15.0 Å². The maximum Gasteiger partial charge on any atom is 0.416 e. The molecule has 3 aromatic rings. The van der Waals surface area contributed by atoms with E-state index in [0.717, 1.165) is 12.1 Å². The average Bonchev–Trinajstić information content (AvgIpc) is 2.80. The fraction of sp³-hybridized carbons (Fsp3) is 0.0769. The highest BCUT2D eigenvalue weighted by Crippen LogP contribution is 2.34. The van der Waals surface area contributed by atoms with Crippen molar-refractivity contribution in [2.45, 2.75) is 6.18 Å². The van der Waals surface area contributed by atoms with Crippen LogP contribution in [0.2, 0.25) is 0 Å². The second-order valence-electron chi connectivity index (χ2n) is 4.49. The Labute approximate surface area is 116 Å². The van der Waals surface area contributed by atoms with Crippen LogP contribution in [0.4, 0.5) is 24.7 Å². The van der Waals surface area contributed by atoms with Crippen LogP contribution >= 0.6 is 0 Å². The summed E-state index contributed by atoms with van der Waals surface area (Å²) in [4.78, 5) is 11.2. The summed E-state index contributed by atoms with van der Waals surface area (Å²) in [5.41, 5.74) is 11.8. The van der Waals surface area contributed by atoms with Crippen LogP contribution in [0.3, 0.4) is 0 Å². The number of nitrogens with zero attached hydrogens (tertiary/aromatic N) is 2. The fourth-order valence-corrected chi connectivity index (χ4v) is 1.99. The number of alkyl halides is 3. The topological polar surface area (TPSA) is 93.6 Å². The molecule has 2 aromatic heterocycles. The van der Waals surface area contributed by atoms with E-state index in [1.165, 1.54) is 6.07 Å². The number of anilines is 2. The monoisotopic (exact) mass is 293 g/mol. The Morgan fingerprint density at radius 2 is 1.76 bits per heavy atom. The number of rotatable bonds is 1. The molecule has 1 aromatic carbocycles. The van der Waals surface area contributed by atoms with E-state index >= 15 is 0 Å². The summed E-state index contributed by atoms with van der Waals surface area (Å²) in [5, 5.41) is 0. The Bertz CT molecular complexity index is 822. The van der Waals surface area contributed by atoms with E-state index in [9.17, 15) is 13.2 Å². The SMILES string of the molecule is Nc1ccc2[nH]c(-c3ccc(C(F)(F)F)cc3N)nc2n1. The zero-order valence-electron chi connectivity index (χ0n) is 10.6. The first kappa shape index (κ1) is 13.2. The molecule has 0 atom stereocenters. The van der Waals surface area contributed by atoms with Gasteiger partial charge >= 0.3 is 6.18 Å². The van der Waals surface area contributed by atoms with Gasteiger partial charge in [-0.15, -0.1) is 0 Å². The van der Waals surface area contributed by atoms with Crippen molar-refractivity contribution in [3.8, 4) is 11.4 Å². The minimum absolute atomic E-state index is 0.0168. The van der Waals surface area contributed by atoms with Gasteiger partial charge in [0.25, 0.3) is 0 Å². The van der Waals surface area contributed by atoms with Gasteiger partial charge in [-0.3, -0.25) is 0 Å². The standard InChI is InChI=1S/C13H10F3N5/c14-13(15,16)6-1-2-7(8(17)5-6)11-19-9-3-4-10(18)20-12(9)21-11/h1-5H,17H2,(H3,18,19,20,21). The quantitative estimate of drug-likeness (QED) is 0.601. The summed E-state index contributed by atoms with van der Waals surface area (Å²) in [5.74, 6) is 0.648. The second kappa shape index (κ2) is 4.37. The molecule has 3 rings (SSSR count). The lowest BCUT2D eigenvalue weighted by Crippen LogP contribution is -2.06. The molecular weight excluding hydrogens is 283 g/mol. The number of H-pyrrole nitrogens is 1. The van der Waals surface area contributed by atoms with Crippen LogP contribution in [0, 0.1) is 0 Å². The molecule has 5 N–H and O–H groups in total. The van der Waals surface area contributed by atoms with Gasteiger partial charge in [0, 0.05) is 11.3 Å². The summed E-state index contributed by atoms with van der Waals surface area (Å²) in [7, 11) is 0. The smallest absolute Gasteiger partial charge is 0.398 e. The summed E-state index contributed by atoms with van der Waals surface area (Å²) in [6, 6.07) is 6.40. The highest BCUT2D eigenvalue weighted by molar-refractivity contribution is 5.81. The van der Waals surface area contributed by atoms with Crippen LogP contribution in [0.1, 0.15) is 5.56 Å². The Morgan fingerprint density at radius 1 is 1.00 bits per heavy atom. The van der Waals surface area contributed by atoms with Gasteiger partial charge in [-0.25, -0.2) is 9.97 Å². The molecule has 2 heterocycles. The number of nitrogen functional groups attached to an aromatic ring is 2. The number of fused-ring (bicyclic) bond motifs is 1. The number of halogens is 3. The maximum absolute atomic E-state index is 12.6.